The third-order valence-electron chi connectivity index (χ3n) is 1.81. The Morgan fingerprint density at radius 1 is 1.62 bits per heavy atom. The molecule has 2 heterocycles. The summed E-state index contributed by atoms with van der Waals surface area (Å²) in [6.45, 7) is 2.25. The molecule has 1 aromatic heterocycles. The van der Waals surface area contributed by atoms with Crippen molar-refractivity contribution in [3.63, 3.8) is 0 Å². The number of nitrogens with zero attached hydrogens (tertiary/aromatic N) is 2. The molecule has 0 saturated carbocycles. The lowest BCUT2D eigenvalue weighted by Gasteiger charge is -2.20. The molecular weight excluding hydrogens is 174 g/mol. The Balaban J connectivity index is 2.05. The fourth-order valence-electron chi connectivity index (χ4n) is 1.17. The van der Waals surface area contributed by atoms with Crippen molar-refractivity contribution in [2.24, 2.45) is 0 Å². The van der Waals surface area contributed by atoms with Gasteiger partial charge >= 0.3 is 6.08 Å². The van der Waals surface area contributed by atoms with Crippen molar-refractivity contribution in [3.05, 3.63) is 5.82 Å². The second kappa shape index (κ2) is 3.71. The summed E-state index contributed by atoms with van der Waals surface area (Å²) in [6, 6.07) is 0. The van der Waals surface area contributed by atoms with Crippen LogP contribution in [0.4, 0.5) is 0 Å². The highest BCUT2D eigenvalue weighted by molar-refractivity contribution is 4.95. The lowest BCUT2D eigenvalue weighted by atomic mass is 10.3. The molecule has 0 aromatic carbocycles. The molecule has 72 valence electrons. The molecule has 6 heteroatoms. The Hall–Kier alpha value is -1.14. The highest BCUT2D eigenvalue weighted by Crippen LogP contribution is 2.17. The van der Waals surface area contributed by atoms with E-state index in [-0.39, 0.29) is 12.2 Å². The number of hydrogen-bond donors (Lipinski definition) is 1. The van der Waals surface area contributed by atoms with Crippen molar-refractivity contribution in [1.29, 1.82) is 0 Å². The van der Waals surface area contributed by atoms with Crippen molar-refractivity contribution in [3.8, 4) is 6.08 Å². The standard InChI is InChI=1S/C7H11N3O3/c1-11-7-9-6(10-13-7)5-4-8-2-3-12-5/h5,8H,2-4H2,1H3. The van der Waals surface area contributed by atoms with E-state index in [9.17, 15) is 0 Å². The number of methoxy groups -OCH3 is 1. The number of nitrogens with one attached hydrogen (secondary N) is 1. The molecule has 2 rings (SSSR count). The minimum Gasteiger partial charge on any atom is -0.452 e. The fourth-order valence-corrected chi connectivity index (χ4v) is 1.17. The van der Waals surface area contributed by atoms with Gasteiger partial charge in [-0.1, -0.05) is 5.16 Å². The van der Waals surface area contributed by atoms with Gasteiger partial charge in [0.05, 0.1) is 13.7 Å². The van der Waals surface area contributed by atoms with Crippen molar-refractivity contribution in [2.45, 2.75) is 6.10 Å². The maximum absolute atomic E-state index is 5.42. The van der Waals surface area contributed by atoms with Crippen LogP contribution in [0.25, 0.3) is 0 Å². The molecule has 1 saturated heterocycles. The lowest BCUT2D eigenvalue weighted by molar-refractivity contribution is 0.0208. The number of morpholine rings is 1. The highest BCUT2D eigenvalue weighted by atomic mass is 16.6. The predicted molar refractivity (Wildman–Crippen MR) is 42.4 cm³/mol. The quantitative estimate of drug-likeness (QED) is 0.684. The van der Waals surface area contributed by atoms with Crippen molar-refractivity contribution >= 4 is 0 Å². The smallest absolute Gasteiger partial charge is 0.417 e. The second-order valence-corrected chi connectivity index (χ2v) is 2.69. The van der Waals surface area contributed by atoms with Gasteiger partial charge in [-0.15, -0.1) is 0 Å². The monoisotopic (exact) mass is 185 g/mol. The summed E-state index contributed by atoms with van der Waals surface area (Å²) in [5.74, 6) is 0.532. The zero-order valence-electron chi connectivity index (χ0n) is 7.32. The average molecular weight is 185 g/mol. The minimum absolute atomic E-state index is 0.124. The van der Waals surface area contributed by atoms with Gasteiger partial charge in [-0.25, -0.2) is 0 Å². The first-order valence-corrected chi connectivity index (χ1v) is 4.10. The van der Waals surface area contributed by atoms with Gasteiger partial charge in [-0.2, -0.15) is 4.98 Å². The molecule has 1 fully saturated rings. The van der Waals surface area contributed by atoms with Gasteiger partial charge in [-0.05, 0) is 0 Å². The Labute approximate surface area is 75.2 Å². The first-order chi connectivity index (χ1) is 6.40. The summed E-state index contributed by atoms with van der Waals surface area (Å²) in [4.78, 5) is 3.99. The molecule has 1 N–H and O–H groups in total. The average Bonchev–Trinajstić information content (AvgIpc) is 2.67. The zero-order chi connectivity index (χ0) is 9.10. The maximum atomic E-state index is 5.42. The fraction of sp³-hybridized carbons (Fsp3) is 0.714. The second-order valence-electron chi connectivity index (χ2n) is 2.69. The molecule has 1 atom stereocenters. The van der Waals surface area contributed by atoms with E-state index in [4.69, 9.17) is 14.0 Å². The van der Waals surface area contributed by atoms with E-state index >= 15 is 0 Å². The number of hydrogen-bond acceptors (Lipinski definition) is 6. The van der Waals surface area contributed by atoms with Crippen LogP contribution in [0.3, 0.4) is 0 Å². The van der Waals surface area contributed by atoms with E-state index in [1.165, 1.54) is 7.11 Å². The van der Waals surface area contributed by atoms with Gasteiger partial charge in [0, 0.05) is 13.1 Å². The van der Waals surface area contributed by atoms with Crippen LogP contribution in [0, 0.1) is 0 Å². The Kier molecular flexibility index (Phi) is 2.42. The molecule has 6 nitrogen and oxygen atoms in total. The van der Waals surface area contributed by atoms with Crippen molar-refractivity contribution in [1.82, 2.24) is 15.5 Å². The topological polar surface area (TPSA) is 69.4 Å². The molecule has 1 aliphatic rings. The molecule has 0 radical (unpaired) electrons. The van der Waals surface area contributed by atoms with Gasteiger partial charge in [0.1, 0.15) is 6.10 Å². The van der Waals surface area contributed by atoms with Gasteiger partial charge in [0.2, 0.25) is 5.82 Å². The van der Waals surface area contributed by atoms with Gasteiger partial charge in [0.15, 0.2) is 0 Å². The van der Waals surface area contributed by atoms with E-state index in [2.05, 4.69) is 15.5 Å². The first-order valence-electron chi connectivity index (χ1n) is 4.10. The largest absolute Gasteiger partial charge is 0.452 e. The summed E-state index contributed by atoms with van der Waals surface area (Å²) < 4.78 is 15.0. The summed E-state index contributed by atoms with van der Waals surface area (Å²) >= 11 is 0. The Morgan fingerprint density at radius 2 is 2.54 bits per heavy atom. The normalized spacial score (nSPS) is 23.0. The molecule has 1 aromatic rings. The number of ether oxygens (including phenoxy) is 2. The zero-order valence-corrected chi connectivity index (χ0v) is 7.32. The van der Waals surface area contributed by atoms with Crippen LogP contribution < -0.4 is 10.1 Å². The number of aromatic nitrogens is 2. The third kappa shape index (κ3) is 1.78. The van der Waals surface area contributed by atoms with E-state index in [0.717, 1.165) is 6.54 Å². The molecule has 0 amide bonds. The van der Waals surface area contributed by atoms with Crippen LogP contribution in [0.15, 0.2) is 4.52 Å². The van der Waals surface area contributed by atoms with Crippen LogP contribution in [0.1, 0.15) is 11.9 Å². The van der Waals surface area contributed by atoms with Crippen LogP contribution in [0.2, 0.25) is 0 Å². The molecule has 0 bridgehead atoms. The lowest BCUT2D eigenvalue weighted by Crippen LogP contribution is -2.33. The maximum Gasteiger partial charge on any atom is 0.417 e. The molecule has 13 heavy (non-hydrogen) atoms. The Morgan fingerprint density at radius 3 is 3.15 bits per heavy atom. The first kappa shape index (κ1) is 8.46. The van der Waals surface area contributed by atoms with Gasteiger partial charge in [-0.3, -0.25) is 4.52 Å². The van der Waals surface area contributed by atoms with Crippen LogP contribution in [-0.2, 0) is 4.74 Å². The van der Waals surface area contributed by atoms with Crippen LogP contribution in [0.5, 0.6) is 6.08 Å². The van der Waals surface area contributed by atoms with Crippen molar-refractivity contribution in [2.75, 3.05) is 26.8 Å². The number of rotatable bonds is 2. The summed E-state index contributed by atoms with van der Waals surface area (Å²) in [5.41, 5.74) is 0. The minimum atomic E-state index is -0.124. The van der Waals surface area contributed by atoms with Crippen LogP contribution in [-0.4, -0.2) is 36.9 Å². The molecule has 0 aliphatic carbocycles. The summed E-state index contributed by atoms with van der Waals surface area (Å²) in [7, 11) is 1.48. The Bertz CT molecular complexity index is 270. The molecule has 1 aliphatic heterocycles. The highest BCUT2D eigenvalue weighted by Gasteiger charge is 2.21. The molecule has 0 spiro atoms. The predicted octanol–water partition coefficient (Wildman–Crippen LogP) is -0.261. The van der Waals surface area contributed by atoms with E-state index < -0.39 is 0 Å². The van der Waals surface area contributed by atoms with E-state index in [0.29, 0.717) is 19.0 Å². The molecular formula is C7H11N3O3. The third-order valence-corrected chi connectivity index (χ3v) is 1.81. The van der Waals surface area contributed by atoms with E-state index in [1.54, 1.807) is 0 Å². The van der Waals surface area contributed by atoms with Gasteiger partial charge < -0.3 is 14.8 Å². The summed E-state index contributed by atoms with van der Waals surface area (Å²) in [6.07, 6.45) is 0.0468. The molecule has 1 unspecified atom stereocenters. The van der Waals surface area contributed by atoms with E-state index in [1.807, 2.05) is 0 Å². The van der Waals surface area contributed by atoms with Crippen molar-refractivity contribution < 1.29 is 14.0 Å². The summed E-state index contributed by atoms with van der Waals surface area (Å²) in [5, 5.41) is 6.91. The van der Waals surface area contributed by atoms with Gasteiger partial charge in [0.25, 0.3) is 0 Å². The SMILES string of the molecule is COc1nc(C2CNCCO2)no1. The van der Waals surface area contributed by atoms with Crippen LogP contribution >= 0.6 is 0 Å².